The Labute approximate surface area is 132 Å². The average molecular weight is 320 g/mol. The van der Waals surface area contributed by atoms with E-state index in [-0.39, 0.29) is 17.7 Å². The first-order valence-corrected chi connectivity index (χ1v) is 6.87. The molecule has 1 aliphatic heterocycles. The summed E-state index contributed by atoms with van der Waals surface area (Å²) in [6, 6.07) is 3.65. The third-order valence-corrected chi connectivity index (χ3v) is 3.59. The molecular weight excluding hydrogens is 304 g/mol. The van der Waals surface area contributed by atoms with Crippen LogP contribution in [0.15, 0.2) is 18.2 Å². The van der Waals surface area contributed by atoms with E-state index in [1.807, 2.05) is 0 Å². The summed E-state index contributed by atoms with van der Waals surface area (Å²) in [5.41, 5.74) is -1.53. The Morgan fingerprint density at radius 3 is 2.57 bits per heavy atom. The quantitative estimate of drug-likeness (QED) is 0.386. The molecule has 1 aliphatic rings. The van der Waals surface area contributed by atoms with Gasteiger partial charge in [0.25, 0.3) is 5.69 Å². The van der Waals surface area contributed by atoms with Crippen molar-refractivity contribution in [3.63, 3.8) is 0 Å². The third-order valence-electron chi connectivity index (χ3n) is 3.59. The Morgan fingerprint density at radius 1 is 1.39 bits per heavy atom. The first kappa shape index (κ1) is 16.6. The lowest BCUT2D eigenvalue weighted by Gasteiger charge is -2.33. The van der Waals surface area contributed by atoms with Crippen LogP contribution < -0.4 is 10.1 Å². The van der Waals surface area contributed by atoms with Crippen LogP contribution in [0.2, 0.25) is 0 Å². The molecule has 0 spiro atoms. The number of nitro benzene ring substituents is 1. The molecule has 0 radical (unpaired) electrons. The summed E-state index contributed by atoms with van der Waals surface area (Å²) in [5.74, 6) is -3.52. The van der Waals surface area contributed by atoms with Gasteiger partial charge in [0.2, 0.25) is 5.91 Å². The molecule has 122 valence electrons. The van der Waals surface area contributed by atoms with Crippen molar-refractivity contribution >= 4 is 23.2 Å². The number of nitrogens with zero attached hydrogens (tertiary/aromatic N) is 1. The SMILES string of the molecule is COc1ccc(C(=O)C2C(=O)CC(C)(C)NC2=O)c([N+](=O)[O-])c1. The molecule has 1 aromatic carbocycles. The van der Waals surface area contributed by atoms with Gasteiger partial charge < -0.3 is 10.1 Å². The fourth-order valence-corrected chi connectivity index (χ4v) is 2.55. The Kier molecular flexibility index (Phi) is 4.18. The van der Waals surface area contributed by atoms with Gasteiger partial charge in [-0.1, -0.05) is 0 Å². The van der Waals surface area contributed by atoms with Gasteiger partial charge in [-0.15, -0.1) is 0 Å². The minimum Gasteiger partial charge on any atom is -0.497 e. The van der Waals surface area contributed by atoms with Gasteiger partial charge in [0.1, 0.15) is 5.75 Å². The monoisotopic (exact) mass is 320 g/mol. The van der Waals surface area contributed by atoms with Gasteiger partial charge in [0, 0.05) is 12.0 Å². The summed E-state index contributed by atoms with van der Waals surface area (Å²) in [4.78, 5) is 47.2. The molecule has 0 aromatic heterocycles. The van der Waals surface area contributed by atoms with Crippen LogP contribution in [0, 0.1) is 16.0 Å². The molecule has 1 saturated heterocycles. The molecule has 1 N–H and O–H groups in total. The molecule has 8 heteroatoms. The number of ketones is 2. The predicted molar refractivity (Wildman–Crippen MR) is 79.3 cm³/mol. The zero-order valence-corrected chi connectivity index (χ0v) is 12.9. The minimum absolute atomic E-state index is 0.0148. The Hall–Kier alpha value is -2.77. The van der Waals surface area contributed by atoms with Crippen molar-refractivity contribution in [1.29, 1.82) is 0 Å². The number of piperidine rings is 1. The van der Waals surface area contributed by atoms with Crippen LogP contribution in [-0.4, -0.2) is 35.0 Å². The number of hydrogen-bond acceptors (Lipinski definition) is 6. The third kappa shape index (κ3) is 3.20. The number of Topliss-reactive ketones (excluding diaryl/α,β-unsaturated/α-hetero) is 2. The molecule has 23 heavy (non-hydrogen) atoms. The van der Waals surface area contributed by atoms with Crippen molar-refractivity contribution in [2.45, 2.75) is 25.8 Å². The molecule has 1 atom stereocenters. The van der Waals surface area contributed by atoms with Gasteiger partial charge in [-0.05, 0) is 26.0 Å². The van der Waals surface area contributed by atoms with Gasteiger partial charge in [-0.25, -0.2) is 0 Å². The molecule has 8 nitrogen and oxygen atoms in total. The van der Waals surface area contributed by atoms with E-state index >= 15 is 0 Å². The fourth-order valence-electron chi connectivity index (χ4n) is 2.55. The van der Waals surface area contributed by atoms with Crippen LogP contribution in [-0.2, 0) is 9.59 Å². The largest absolute Gasteiger partial charge is 0.497 e. The second-order valence-corrected chi connectivity index (χ2v) is 5.95. The number of ether oxygens (including phenoxy) is 1. The number of nitrogens with one attached hydrogen (secondary N) is 1. The number of rotatable bonds is 4. The summed E-state index contributed by atoms with van der Waals surface area (Å²) in [6.07, 6.45) is -0.0148. The zero-order chi connectivity index (χ0) is 17.4. The van der Waals surface area contributed by atoms with Crippen molar-refractivity contribution in [2.24, 2.45) is 5.92 Å². The van der Waals surface area contributed by atoms with Crippen LogP contribution in [0.1, 0.15) is 30.6 Å². The normalized spacial score (nSPS) is 19.9. The molecular formula is C15H16N2O6. The second kappa shape index (κ2) is 5.79. The van der Waals surface area contributed by atoms with Crippen molar-refractivity contribution in [3.05, 3.63) is 33.9 Å². The van der Waals surface area contributed by atoms with Crippen LogP contribution in [0.25, 0.3) is 0 Å². The minimum atomic E-state index is -1.56. The van der Waals surface area contributed by atoms with E-state index in [0.29, 0.717) is 0 Å². The Morgan fingerprint density at radius 2 is 2.04 bits per heavy atom. The first-order chi connectivity index (χ1) is 10.7. The van der Waals surface area contributed by atoms with Crippen LogP contribution >= 0.6 is 0 Å². The molecule has 0 aliphatic carbocycles. The van der Waals surface area contributed by atoms with Crippen LogP contribution in [0.5, 0.6) is 5.75 Å². The zero-order valence-electron chi connectivity index (χ0n) is 12.9. The fraction of sp³-hybridized carbons (Fsp3) is 0.400. The summed E-state index contributed by atoms with van der Waals surface area (Å²) >= 11 is 0. The number of benzene rings is 1. The number of nitro groups is 1. The lowest BCUT2D eigenvalue weighted by molar-refractivity contribution is -0.385. The lowest BCUT2D eigenvalue weighted by Crippen LogP contribution is -2.56. The lowest BCUT2D eigenvalue weighted by atomic mass is 9.81. The molecule has 1 amide bonds. The highest BCUT2D eigenvalue weighted by atomic mass is 16.6. The maximum Gasteiger partial charge on any atom is 0.283 e. The van der Waals surface area contributed by atoms with E-state index in [2.05, 4.69) is 5.32 Å². The van der Waals surface area contributed by atoms with E-state index in [1.54, 1.807) is 13.8 Å². The predicted octanol–water partition coefficient (Wildman–Crippen LogP) is 1.27. The summed E-state index contributed by atoms with van der Waals surface area (Å²) < 4.78 is 4.89. The van der Waals surface area contributed by atoms with Gasteiger partial charge in [0.05, 0.1) is 23.7 Å². The maximum atomic E-state index is 12.5. The standard InChI is InChI=1S/C15H16N2O6/c1-15(2)7-11(18)12(14(20)16-15)13(19)9-5-4-8(23-3)6-10(9)17(21)22/h4-6,12H,7H2,1-3H3,(H,16,20). The molecule has 0 bridgehead atoms. The van der Waals surface area contributed by atoms with Crippen molar-refractivity contribution in [2.75, 3.05) is 7.11 Å². The summed E-state index contributed by atoms with van der Waals surface area (Å²) in [6.45, 7) is 3.33. The van der Waals surface area contributed by atoms with E-state index in [9.17, 15) is 24.5 Å². The maximum absolute atomic E-state index is 12.5. The van der Waals surface area contributed by atoms with Crippen molar-refractivity contribution in [3.8, 4) is 5.75 Å². The molecule has 0 saturated carbocycles. The number of methoxy groups -OCH3 is 1. The molecule has 1 fully saturated rings. The average Bonchev–Trinajstić information content (AvgIpc) is 2.44. The summed E-state index contributed by atoms with van der Waals surface area (Å²) in [5, 5.41) is 13.7. The van der Waals surface area contributed by atoms with Crippen LogP contribution in [0.3, 0.4) is 0 Å². The van der Waals surface area contributed by atoms with E-state index < -0.39 is 39.5 Å². The highest BCUT2D eigenvalue weighted by molar-refractivity contribution is 6.25. The van der Waals surface area contributed by atoms with E-state index in [4.69, 9.17) is 4.74 Å². The Balaban J connectivity index is 2.43. The van der Waals surface area contributed by atoms with Gasteiger partial charge >= 0.3 is 0 Å². The smallest absolute Gasteiger partial charge is 0.283 e. The van der Waals surface area contributed by atoms with E-state index in [0.717, 1.165) is 6.07 Å². The topological polar surface area (TPSA) is 116 Å². The van der Waals surface area contributed by atoms with Crippen molar-refractivity contribution < 1.29 is 24.0 Å². The summed E-state index contributed by atoms with van der Waals surface area (Å²) in [7, 11) is 1.33. The molecule has 2 rings (SSSR count). The first-order valence-electron chi connectivity index (χ1n) is 6.87. The highest BCUT2D eigenvalue weighted by Gasteiger charge is 2.44. The highest BCUT2D eigenvalue weighted by Crippen LogP contribution is 2.29. The Bertz CT molecular complexity index is 690. The number of hydrogen-bond donors (Lipinski definition) is 1. The molecule has 1 unspecified atom stereocenters. The van der Waals surface area contributed by atoms with Gasteiger partial charge in [0.15, 0.2) is 17.5 Å². The van der Waals surface area contributed by atoms with Gasteiger partial charge in [-0.3, -0.25) is 24.5 Å². The van der Waals surface area contributed by atoms with Gasteiger partial charge in [-0.2, -0.15) is 0 Å². The van der Waals surface area contributed by atoms with E-state index in [1.165, 1.54) is 19.2 Å². The van der Waals surface area contributed by atoms with Crippen molar-refractivity contribution in [1.82, 2.24) is 5.32 Å². The molecule has 1 heterocycles. The van der Waals surface area contributed by atoms with Crippen LogP contribution in [0.4, 0.5) is 5.69 Å². The number of carbonyl (C=O) groups excluding carboxylic acids is 3. The second-order valence-electron chi connectivity index (χ2n) is 5.95. The number of amides is 1. The number of carbonyl (C=O) groups is 3. The molecule has 1 aromatic rings.